The highest BCUT2D eigenvalue weighted by Crippen LogP contribution is 2.51. The zero-order valence-electron chi connectivity index (χ0n) is 17.3. The quantitative estimate of drug-likeness (QED) is 0.396. The van der Waals surface area contributed by atoms with Crippen LogP contribution in [0, 0.1) is 11.8 Å². The standard InChI is InChI=1S/C22H24N2O7/c1-23-21(30)13-18(27)15(24(2)3)14-17(26)11-8-9-6-4-5-7-10(9)16(25)12(11)19(28)22(14,31)20(13)29/h4-7,11,14-15,17,25-26,29,31H,8H2,1-3H3,(H,23,30)/t11-,14-,15+,17+,22+/m1/s1. The molecule has 0 radical (unpaired) electrons. The lowest BCUT2D eigenvalue weighted by atomic mass is 9.56. The molecule has 5 N–H and O–H groups in total. The van der Waals surface area contributed by atoms with Crippen molar-refractivity contribution in [1.82, 2.24) is 10.2 Å². The summed E-state index contributed by atoms with van der Waals surface area (Å²) in [6, 6.07) is 5.56. The summed E-state index contributed by atoms with van der Waals surface area (Å²) in [6.45, 7) is 0. The Morgan fingerprint density at radius 3 is 2.45 bits per heavy atom. The van der Waals surface area contributed by atoms with Gasteiger partial charge in [0, 0.05) is 24.1 Å². The van der Waals surface area contributed by atoms with E-state index in [-0.39, 0.29) is 12.0 Å². The van der Waals surface area contributed by atoms with E-state index in [1.165, 1.54) is 26.0 Å². The van der Waals surface area contributed by atoms with Gasteiger partial charge in [0.25, 0.3) is 5.91 Å². The van der Waals surface area contributed by atoms with Crippen LogP contribution in [0.5, 0.6) is 0 Å². The van der Waals surface area contributed by atoms with E-state index in [0.29, 0.717) is 11.1 Å². The number of hydrogen-bond acceptors (Lipinski definition) is 8. The van der Waals surface area contributed by atoms with Gasteiger partial charge >= 0.3 is 0 Å². The molecular weight excluding hydrogens is 404 g/mol. The van der Waals surface area contributed by atoms with Gasteiger partial charge in [0.1, 0.15) is 17.1 Å². The first-order valence-corrected chi connectivity index (χ1v) is 9.90. The maximum atomic E-state index is 13.6. The fourth-order valence-corrected chi connectivity index (χ4v) is 5.21. The maximum absolute atomic E-state index is 13.6. The highest BCUT2D eigenvalue weighted by molar-refractivity contribution is 6.25. The Hall–Kier alpha value is -3.01. The molecule has 0 aromatic heterocycles. The first kappa shape index (κ1) is 21.2. The van der Waals surface area contributed by atoms with Crippen molar-refractivity contribution in [2.24, 2.45) is 11.8 Å². The molecule has 0 heterocycles. The molecule has 1 saturated carbocycles. The summed E-state index contributed by atoms with van der Waals surface area (Å²) in [5.41, 5.74) is -2.62. The molecule has 0 bridgehead atoms. The van der Waals surface area contributed by atoms with Crippen LogP contribution in [0.2, 0.25) is 0 Å². The molecule has 164 valence electrons. The summed E-state index contributed by atoms with van der Waals surface area (Å²) in [5.74, 6) is -6.64. The molecule has 1 amide bonds. The average Bonchev–Trinajstić information content (AvgIpc) is 2.73. The third kappa shape index (κ3) is 2.63. The second-order valence-electron chi connectivity index (χ2n) is 8.42. The lowest BCUT2D eigenvalue weighted by Crippen LogP contribution is -2.70. The third-order valence-corrected chi connectivity index (χ3v) is 6.66. The van der Waals surface area contributed by atoms with Gasteiger partial charge in [-0.3, -0.25) is 19.3 Å². The Morgan fingerprint density at radius 2 is 1.84 bits per heavy atom. The van der Waals surface area contributed by atoms with Crippen LogP contribution >= 0.6 is 0 Å². The highest BCUT2D eigenvalue weighted by atomic mass is 16.4. The van der Waals surface area contributed by atoms with E-state index < -0.39 is 64.1 Å². The van der Waals surface area contributed by atoms with Crippen LogP contribution in [-0.4, -0.2) is 81.7 Å². The van der Waals surface area contributed by atoms with Crippen LogP contribution in [0.3, 0.4) is 0 Å². The van der Waals surface area contributed by atoms with Gasteiger partial charge < -0.3 is 25.7 Å². The number of Topliss-reactive ketones (excluding diaryl/α,β-unsaturated/α-hetero) is 2. The molecular formula is C22H24N2O7. The molecule has 1 fully saturated rings. The number of rotatable bonds is 2. The molecule has 9 nitrogen and oxygen atoms in total. The normalized spacial score (nSPS) is 32.6. The highest BCUT2D eigenvalue weighted by Gasteiger charge is 2.67. The average molecular weight is 428 g/mol. The van der Waals surface area contributed by atoms with E-state index in [9.17, 15) is 34.8 Å². The summed E-state index contributed by atoms with van der Waals surface area (Å²) in [6.07, 6.45) is -1.26. The number of benzene rings is 1. The topological polar surface area (TPSA) is 147 Å². The fraction of sp³-hybridized carbons (Fsp3) is 0.409. The van der Waals surface area contributed by atoms with E-state index in [1.54, 1.807) is 24.3 Å². The molecule has 31 heavy (non-hydrogen) atoms. The van der Waals surface area contributed by atoms with E-state index in [0.717, 1.165) is 0 Å². The molecule has 0 unspecified atom stereocenters. The first-order valence-electron chi connectivity index (χ1n) is 9.90. The summed E-state index contributed by atoms with van der Waals surface area (Å²) in [4.78, 5) is 40.5. The van der Waals surface area contributed by atoms with Gasteiger partial charge in [0.05, 0.1) is 18.1 Å². The molecule has 0 spiro atoms. The van der Waals surface area contributed by atoms with Gasteiger partial charge in [0.15, 0.2) is 11.4 Å². The summed E-state index contributed by atoms with van der Waals surface area (Å²) in [7, 11) is 4.28. The maximum Gasteiger partial charge on any atom is 0.258 e. The van der Waals surface area contributed by atoms with Crippen molar-refractivity contribution in [3.8, 4) is 0 Å². The molecule has 1 aromatic carbocycles. The van der Waals surface area contributed by atoms with Crippen LogP contribution < -0.4 is 5.32 Å². The van der Waals surface area contributed by atoms with Gasteiger partial charge in [0.2, 0.25) is 5.78 Å². The van der Waals surface area contributed by atoms with Gasteiger partial charge in [-0.25, -0.2) is 0 Å². The fourth-order valence-electron chi connectivity index (χ4n) is 5.21. The molecule has 1 aromatic rings. The summed E-state index contributed by atoms with van der Waals surface area (Å²) in [5, 5.41) is 46.8. The summed E-state index contributed by atoms with van der Waals surface area (Å²) >= 11 is 0. The van der Waals surface area contributed by atoms with E-state index in [2.05, 4.69) is 5.32 Å². The lowest BCUT2D eigenvalue weighted by molar-refractivity contribution is -0.168. The third-order valence-electron chi connectivity index (χ3n) is 6.66. The van der Waals surface area contributed by atoms with Crippen molar-refractivity contribution in [3.05, 3.63) is 52.3 Å². The monoisotopic (exact) mass is 428 g/mol. The van der Waals surface area contributed by atoms with Gasteiger partial charge in [-0.2, -0.15) is 0 Å². The van der Waals surface area contributed by atoms with Crippen molar-refractivity contribution in [3.63, 3.8) is 0 Å². The van der Waals surface area contributed by atoms with Crippen LogP contribution in [-0.2, 0) is 20.8 Å². The number of nitrogens with one attached hydrogen (secondary N) is 1. The van der Waals surface area contributed by atoms with Crippen LogP contribution in [0.15, 0.2) is 41.2 Å². The first-order chi connectivity index (χ1) is 14.6. The van der Waals surface area contributed by atoms with Crippen LogP contribution in [0.1, 0.15) is 11.1 Å². The Bertz CT molecular complexity index is 1070. The molecule has 3 aliphatic rings. The largest absolute Gasteiger partial charge is 0.508 e. The predicted octanol–water partition coefficient (Wildman–Crippen LogP) is -0.510. The number of aliphatic hydroxyl groups excluding tert-OH is 3. The second-order valence-corrected chi connectivity index (χ2v) is 8.42. The number of hydrogen-bond donors (Lipinski definition) is 5. The molecule has 3 aliphatic carbocycles. The Morgan fingerprint density at radius 1 is 1.19 bits per heavy atom. The predicted molar refractivity (Wildman–Crippen MR) is 109 cm³/mol. The Labute approximate surface area is 178 Å². The number of fused-ring (bicyclic) bond motifs is 3. The molecule has 9 heteroatoms. The molecule has 4 rings (SSSR count). The minimum absolute atomic E-state index is 0.205. The molecule has 5 atom stereocenters. The van der Waals surface area contributed by atoms with Crippen LogP contribution in [0.4, 0.5) is 0 Å². The number of carbonyl (C=O) groups is 3. The molecule has 0 aliphatic heterocycles. The zero-order valence-corrected chi connectivity index (χ0v) is 17.3. The minimum atomic E-state index is -2.75. The number of nitrogens with zero attached hydrogens (tertiary/aromatic N) is 1. The van der Waals surface area contributed by atoms with E-state index in [4.69, 9.17) is 0 Å². The number of amides is 1. The lowest BCUT2D eigenvalue weighted by Gasteiger charge is -2.52. The van der Waals surface area contributed by atoms with Crippen molar-refractivity contribution in [2.75, 3.05) is 21.1 Å². The van der Waals surface area contributed by atoms with Crippen molar-refractivity contribution < 1.29 is 34.8 Å². The number of ketones is 2. The smallest absolute Gasteiger partial charge is 0.258 e. The van der Waals surface area contributed by atoms with E-state index in [1.807, 2.05) is 0 Å². The van der Waals surface area contributed by atoms with Crippen molar-refractivity contribution in [1.29, 1.82) is 0 Å². The molecule has 0 saturated heterocycles. The SMILES string of the molecule is CNC(=O)C1=C(O)[C@@]2(O)C(=O)C3=C(O)c4ccccc4C[C@H]3[C@H](O)[C@H]2[C@H](N(C)C)C1=O. The number of carbonyl (C=O) groups excluding carboxylic acids is 3. The second kappa shape index (κ2) is 7.01. The Kier molecular flexibility index (Phi) is 4.80. The summed E-state index contributed by atoms with van der Waals surface area (Å²) < 4.78 is 0. The van der Waals surface area contributed by atoms with Crippen molar-refractivity contribution >= 4 is 23.2 Å². The van der Waals surface area contributed by atoms with Gasteiger partial charge in [-0.05, 0) is 26.1 Å². The minimum Gasteiger partial charge on any atom is -0.508 e. The number of aliphatic hydroxyl groups is 4. The van der Waals surface area contributed by atoms with E-state index >= 15 is 0 Å². The van der Waals surface area contributed by atoms with Crippen molar-refractivity contribution in [2.45, 2.75) is 24.2 Å². The Balaban J connectivity index is 2.01. The van der Waals surface area contributed by atoms with Gasteiger partial charge in [-0.15, -0.1) is 0 Å². The number of likely N-dealkylation sites (N-methyl/N-ethyl adjacent to an activating group) is 2. The van der Waals surface area contributed by atoms with Gasteiger partial charge in [-0.1, -0.05) is 24.3 Å². The van der Waals surface area contributed by atoms with Crippen LogP contribution in [0.25, 0.3) is 5.76 Å². The zero-order chi connectivity index (χ0) is 22.8.